The zero-order valence-corrected chi connectivity index (χ0v) is 11.8. The Morgan fingerprint density at radius 2 is 2.15 bits per heavy atom. The van der Waals surface area contributed by atoms with Crippen molar-refractivity contribution in [2.45, 2.75) is 32.2 Å². The average molecular weight is 268 g/mol. The smallest absolute Gasteiger partial charge is 0.213 e. The van der Waals surface area contributed by atoms with E-state index < -0.39 is 0 Å². The summed E-state index contributed by atoms with van der Waals surface area (Å²) in [5.74, 6) is 0.682. The molecule has 1 heterocycles. The largest absolute Gasteiger partial charge is 0.478 e. The molecule has 1 aliphatic rings. The molecule has 104 valence electrons. The van der Waals surface area contributed by atoms with Crippen LogP contribution in [0.1, 0.15) is 36.9 Å². The summed E-state index contributed by atoms with van der Waals surface area (Å²) >= 11 is 0. The Bertz CT molecular complexity index is 565. The Hall–Kier alpha value is -2.03. The molecule has 0 aliphatic heterocycles. The van der Waals surface area contributed by atoms with Crippen LogP contribution in [0, 0.1) is 0 Å². The molecule has 1 aliphatic carbocycles. The third kappa shape index (κ3) is 2.77. The predicted octanol–water partition coefficient (Wildman–Crippen LogP) is 3.97. The van der Waals surface area contributed by atoms with E-state index in [1.807, 2.05) is 25.3 Å². The van der Waals surface area contributed by atoms with Crippen LogP contribution < -0.4 is 10.1 Å². The number of nitrogens with zero attached hydrogens (tertiary/aromatic N) is 1. The molecule has 3 rings (SSSR count). The Morgan fingerprint density at radius 3 is 2.95 bits per heavy atom. The lowest BCUT2D eigenvalue weighted by Gasteiger charge is -2.27. The van der Waals surface area contributed by atoms with Gasteiger partial charge in [-0.2, -0.15) is 0 Å². The second-order valence-corrected chi connectivity index (χ2v) is 5.11. The van der Waals surface area contributed by atoms with Gasteiger partial charge >= 0.3 is 0 Å². The Balaban J connectivity index is 1.75. The zero-order valence-electron chi connectivity index (χ0n) is 11.8. The Labute approximate surface area is 120 Å². The zero-order chi connectivity index (χ0) is 13.8. The van der Waals surface area contributed by atoms with E-state index in [1.54, 1.807) is 0 Å². The molecule has 3 heteroatoms. The third-order valence-corrected chi connectivity index (χ3v) is 3.74. The summed E-state index contributed by atoms with van der Waals surface area (Å²) in [6, 6.07) is 13.1. The van der Waals surface area contributed by atoms with E-state index in [-0.39, 0.29) is 0 Å². The van der Waals surface area contributed by atoms with E-state index >= 15 is 0 Å². The van der Waals surface area contributed by atoms with E-state index in [1.165, 1.54) is 30.4 Å². The number of hydrogen-bond donors (Lipinski definition) is 1. The van der Waals surface area contributed by atoms with Gasteiger partial charge in [0, 0.05) is 6.07 Å². The SMILES string of the molecule is CCOc1ccc(NC2CCCc3ccccc32)cn1. The number of pyridine rings is 1. The van der Waals surface area contributed by atoms with Crippen LogP contribution in [0.15, 0.2) is 42.6 Å². The molecule has 0 saturated carbocycles. The highest BCUT2D eigenvalue weighted by Crippen LogP contribution is 2.32. The first kappa shape index (κ1) is 13.0. The number of fused-ring (bicyclic) bond motifs is 1. The highest BCUT2D eigenvalue weighted by molar-refractivity contribution is 5.46. The molecular formula is C17H20N2O. The van der Waals surface area contributed by atoms with Crippen LogP contribution in [-0.2, 0) is 6.42 Å². The molecule has 0 spiro atoms. The molecule has 1 aromatic heterocycles. The first-order valence-corrected chi connectivity index (χ1v) is 7.30. The van der Waals surface area contributed by atoms with Crippen molar-refractivity contribution in [3.8, 4) is 5.88 Å². The van der Waals surface area contributed by atoms with E-state index in [9.17, 15) is 0 Å². The summed E-state index contributed by atoms with van der Waals surface area (Å²) in [5, 5.41) is 3.59. The Morgan fingerprint density at radius 1 is 1.25 bits per heavy atom. The van der Waals surface area contributed by atoms with Gasteiger partial charge in [0.05, 0.1) is 24.5 Å². The van der Waals surface area contributed by atoms with Crippen molar-refractivity contribution >= 4 is 5.69 Å². The minimum Gasteiger partial charge on any atom is -0.478 e. The van der Waals surface area contributed by atoms with Crippen LogP contribution in [0.25, 0.3) is 0 Å². The van der Waals surface area contributed by atoms with Crippen molar-refractivity contribution in [3.05, 3.63) is 53.7 Å². The molecule has 3 nitrogen and oxygen atoms in total. The summed E-state index contributed by atoms with van der Waals surface area (Å²) in [6.07, 6.45) is 5.45. The van der Waals surface area contributed by atoms with Crippen LogP contribution in [0.5, 0.6) is 5.88 Å². The molecule has 1 aromatic carbocycles. The van der Waals surface area contributed by atoms with Crippen LogP contribution in [0.4, 0.5) is 5.69 Å². The van der Waals surface area contributed by atoms with Crippen molar-refractivity contribution in [2.24, 2.45) is 0 Å². The molecule has 0 radical (unpaired) electrons. The number of hydrogen-bond acceptors (Lipinski definition) is 3. The number of benzene rings is 1. The molecule has 0 bridgehead atoms. The van der Waals surface area contributed by atoms with Gasteiger partial charge in [0.1, 0.15) is 0 Å². The van der Waals surface area contributed by atoms with Crippen molar-refractivity contribution < 1.29 is 4.74 Å². The number of nitrogens with one attached hydrogen (secondary N) is 1. The lowest BCUT2D eigenvalue weighted by molar-refractivity contribution is 0.327. The predicted molar refractivity (Wildman–Crippen MR) is 81.1 cm³/mol. The third-order valence-electron chi connectivity index (χ3n) is 3.74. The monoisotopic (exact) mass is 268 g/mol. The maximum atomic E-state index is 5.37. The molecule has 20 heavy (non-hydrogen) atoms. The Kier molecular flexibility index (Phi) is 3.86. The second-order valence-electron chi connectivity index (χ2n) is 5.11. The molecule has 1 unspecified atom stereocenters. The van der Waals surface area contributed by atoms with E-state index in [0.29, 0.717) is 18.5 Å². The van der Waals surface area contributed by atoms with E-state index in [4.69, 9.17) is 4.74 Å². The van der Waals surface area contributed by atoms with Gasteiger partial charge in [-0.1, -0.05) is 24.3 Å². The van der Waals surface area contributed by atoms with Gasteiger partial charge in [0.25, 0.3) is 0 Å². The standard InChI is InChI=1S/C17H20N2O/c1-2-20-17-11-10-14(12-18-17)19-16-9-5-7-13-6-3-4-8-15(13)16/h3-4,6,8,10-12,16,19H,2,5,7,9H2,1H3. The quantitative estimate of drug-likeness (QED) is 0.911. The van der Waals surface area contributed by atoms with Crippen molar-refractivity contribution in [2.75, 3.05) is 11.9 Å². The van der Waals surface area contributed by atoms with Gasteiger partial charge in [-0.15, -0.1) is 0 Å². The first-order chi connectivity index (χ1) is 9.86. The van der Waals surface area contributed by atoms with E-state index in [2.05, 4.69) is 34.6 Å². The summed E-state index contributed by atoms with van der Waals surface area (Å²) < 4.78 is 5.37. The number of aryl methyl sites for hydroxylation is 1. The number of ether oxygens (including phenoxy) is 1. The van der Waals surface area contributed by atoms with E-state index in [0.717, 1.165) is 5.69 Å². The molecule has 1 atom stereocenters. The maximum absolute atomic E-state index is 5.37. The molecular weight excluding hydrogens is 248 g/mol. The van der Waals surface area contributed by atoms with Gasteiger partial charge in [-0.05, 0) is 43.4 Å². The topological polar surface area (TPSA) is 34.1 Å². The molecule has 2 aromatic rings. The highest BCUT2D eigenvalue weighted by Gasteiger charge is 2.19. The first-order valence-electron chi connectivity index (χ1n) is 7.30. The second kappa shape index (κ2) is 5.95. The van der Waals surface area contributed by atoms with Crippen molar-refractivity contribution in [1.82, 2.24) is 4.98 Å². The van der Waals surface area contributed by atoms with Crippen molar-refractivity contribution in [3.63, 3.8) is 0 Å². The molecule has 0 amide bonds. The number of aromatic nitrogens is 1. The van der Waals surface area contributed by atoms with Crippen LogP contribution in [0.3, 0.4) is 0 Å². The summed E-state index contributed by atoms with van der Waals surface area (Å²) in [7, 11) is 0. The summed E-state index contributed by atoms with van der Waals surface area (Å²) in [4.78, 5) is 4.31. The molecule has 0 fully saturated rings. The van der Waals surface area contributed by atoms with Gasteiger partial charge in [-0.25, -0.2) is 4.98 Å². The lowest BCUT2D eigenvalue weighted by atomic mass is 9.87. The van der Waals surface area contributed by atoms with Gasteiger partial charge in [0.2, 0.25) is 5.88 Å². The number of rotatable bonds is 4. The summed E-state index contributed by atoms with van der Waals surface area (Å²) in [5.41, 5.74) is 3.94. The van der Waals surface area contributed by atoms with Crippen LogP contribution in [0.2, 0.25) is 0 Å². The van der Waals surface area contributed by atoms with Gasteiger partial charge in [-0.3, -0.25) is 0 Å². The maximum Gasteiger partial charge on any atom is 0.213 e. The normalized spacial score (nSPS) is 17.4. The van der Waals surface area contributed by atoms with Crippen LogP contribution >= 0.6 is 0 Å². The van der Waals surface area contributed by atoms with Gasteiger partial charge < -0.3 is 10.1 Å². The fourth-order valence-electron chi connectivity index (χ4n) is 2.80. The highest BCUT2D eigenvalue weighted by atomic mass is 16.5. The fourth-order valence-corrected chi connectivity index (χ4v) is 2.80. The molecule has 1 N–H and O–H groups in total. The minimum atomic E-state index is 0.389. The molecule has 0 saturated heterocycles. The van der Waals surface area contributed by atoms with Crippen LogP contribution in [-0.4, -0.2) is 11.6 Å². The average Bonchev–Trinajstić information content (AvgIpc) is 2.50. The van der Waals surface area contributed by atoms with Gasteiger partial charge in [0.15, 0.2) is 0 Å². The fraction of sp³-hybridized carbons (Fsp3) is 0.353. The number of anilines is 1. The minimum absolute atomic E-state index is 0.389. The lowest BCUT2D eigenvalue weighted by Crippen LogP contribution is -2.17. The van der Waals surface area contributed by atoms with Crippen molar-refractivity contribution in [1.29, 1.82) is 0 Å². The summed E-state index contributed by atoms with van der Waals surface area (Å²) in [6.45, 7) is 2.61.